The molecule has 1 saturated carbocycles. The van der Waals surface area contributed by atoms with Crippen LogP contribution in [-0.2, 0) is 13.1 Å². The minimum Gasteiger partial charge on any atom is -0.490 e. The van der Waals surface area contributed by atoms with Gasteiger partial charge in [-0.1, -0.05) is 12.1 Å². The molecule has 1 aliphatic carbocycles. The third-order valence-corrected chi connectivity index (χ3v) is 4.57. The third-order valence-electron chi connectivity index (χ3n) is 4.57. The first-order valence-corrected chi connectivity index (χ1v) is 9.51. The largest absolute Gasteiger partial charge is 0.490 e. The Bertz CT molecular complexity index is 705. The maximum atomic E-state index is 6.28. The van der Waals surface area contributed by atoms with Crippen LogP contribution in [0.15, 0.2) is 35.5 Å². The molecule has 3 rings (SSSR count). The van der Waals surface area contributed by atoms with Gasteiger partial charge < -0.3 is 15.4 Å². The molecule has 1 aromatic heterocycles. The van der Waals surface area contributed by atoms with Crippen LogP contribution in [0.4, 0.5) is 0 Å². The van der Waals surface area contributed by atoms with Crippen LogP contribution >= 0.6 is 0 Å². The minimum atomic E-state index is 0.353. The molecule has 6 nitrogen and oxygen atoms in total. The Morgan fingerprint density at radius 3 is 2.85 bits per heavy atom. The molecule has 0 aliphatic heterocycles. The van der Waals surface area contributed by atoms with Gasteiger partial charge in [0, 0.05) is 18.3 Å². The Morgan fingerprint density at radius 2 is 2.12 bits per heavy atom. The summed E-state index contributed by atoms with van der Waals surface area (Å²) >= 11 is 0. The molecule has 6 heteroatoms. The summed E-state index contributed by atoms with van der Waals surface area (Å²) in [5.41, 5.74) is 3.37. The first-order valence-electron chi connectivity index (χ1n) is 9.51. The lowest BCUT2D eigenvalue weighted by molar-refractivity contribution is 0.208. The molecule has 0 spiro atoms. The van der Waals surface area contributed by atoms with Gasteiger partial charge in [0.25, 0.3) is 0 Å². The zero-order chi connectivity index (χ0) is 18.2. The smallest absolute Gasteiger partial charge is 0.191 e. The Balaban J connectivity index is 1.67. The Morgan fingerprint density at radius 1 is 1.27 bits per heavy atom. The molecule has 1 aliphatic rings. The van der Waals surface area contributed by atoms with Gasteiger partial charge in [-0.25, -0.2) is 4.99 Å². The van der Waals surface area contributed by atoms with Crippen molar-refractivity contribution in [3.8, 4) is 5.75 Å². The number of nitrogens with zero attached hydrogens (tertiary/aromatic N) is 2. The average Bonchev–Trinajstić information content (AvgIpc) is 3.32. The molecule has 0 amide bonds. The Hall–Kier alpha value is -2.50. The molecule has 1 heterocycles. The van der Waals surface area contributed by atoms with Crippen LogP contribution < -0.4 is 15.4 Å². The minimum absolute atomic E-state index is 0.353. The predicted molar refractivity (Wildman–Crippen MR) is 104 cm³/mol. The van der Waals surface area contributed by atoms with E-state index in [1.54, 1.807) is 6.20 Å². The molecule has 26 heavy (non-hydrogen) atoms. The van der Waals surface area contributed by atoms with Gasteiger partial charge in [0.05, 0.1) is 24.9 Å². The van der Waals surface area contributed by atoms with E-state index < -0.39 is 0 Å². The van der Waals surface area contributed by atoms with Gasteiger partial charge in [0.15, 0.2) is 5.96 Å². The van der Waals surface area contributed by atoms with Crippen LogP contribution in [0.2, 0.25) is 0 Å². The molecule has 2 aromatic rings. The van der Waals surface area contributed by atoms with E-state index in [2.05, 4.69) is 52.9 Å². The summed E-state index contributed by atoms with van der Waals surface area (Å²) in [6.45, 7) is 6.22. The van der Waals surface area contributed by atoms with Gasteiger partial charge in [-0.05, 0) is 57.2 Å². The fourth-order valence-corrected chi connectivity index (χ4v) is 3.16. The van der Waals surface area contributed by atoms with Crippen molar-refractivity contribution in [3.63, 3.8) is 0 Å². The molecule has 0 bridgehead atoms. The lowest BCUT2D eigenvalue weighted by Gasteiger charge is -2.17. The summed E-state index contributed by atoms with van der Waals surface area (Å²) < 4.78 is 6.28. The molecule has 0 unspecified atom stereocenters. The molecule has 140 valence electrons. The number of aromatic amines is 1. The predicted octanol–water partition coefficient (Wildman–Crippen LogP) is 3.29. The fourth-order valence-electron chi connectivity index (χ4n) is 3.16. The fraction of sp³-hybridized carbons (Fsp3) is 0.500. The Labute approximate surface area is 155 Å². The highest BCUT2D eigenvalue weighted by atomic mass is 16.5. The first kappa shape index (κ1) is 18.3. The molecule has 0 atom stereocenters. The van der Waals surface area contributed by atoms with E-state index in [0.29, 0.717) is 19.2 Å². The number of rotatable bonds is 7. The van der Waals surface area contributed by atoms with Crippen molar-refractivity contribution >= 4 is 5.96 Å². The molecule has 3 N–H and O–H groups in total. The van der Waals surface area contributed by atoms with E-state index in [0.717, 1.165) is 42.4 Å². The maximum Gasteiger partial charge on any atom is 0.191 e. The highest BCUT2D eigenvalue weighted by Crippen LogP contribution is 2.28. The molecule has 1 fully saturated rings. The van der Waals surface area contributed by atoms with Crippen molar-refractivity contribution < 1.29 is 4.74 Å². The zero-order valence-corrected chi connectivity index (χ0v) is 15.7. The van der Waals surface area contributed by atoms with Crippen molar-refractivity contribution in [1.29, 1.82) is 0 Å². The number of hydrogen-bond acceptors (Lipinski definition) is 3. The number of nitrogens with one attached hydrogen (secondary N) is 3. The van der Waals surface area contributed by atoms with Crippen LogP contribution in [0.1, 0.15) is 49.4 Å². The zero-order valence-electron chi connectivity index (χ0n) is 15.7. The van der Waals surface area contributed by atoms with Crippen molar-refractivity contribution in [2.75, 3.05) is 6.54 Å². The SMILES string of the molecule is CCNC(=NCc1ccc(C)cc1OC1CCCC1)NCc1ccn[nH]1. The normalized spacial score (nSPS) is 15.2. The van der Waals surface area contributed by atoms with Crippen molar-refractivity contribution in [1.82, 2.24) is 20.8 Å². The summed E-state index contributed by atoms with van der Waals surface area (Å²) in [5.74, 6) is 1.76. The van der Waals surface area contributed by atoms with Crippen LogP contribution in [0, 0.1) is 6.92 Å². The van der Waals surface area contributed by atoms with Crippen LogP contribution in [0.25, 0.3) is 0 Å². The molecule has 1 aromatic carbocycles. The van der Waals surface area contributed by atoms with Gasteiger partial charge in [-0.15, -0.1) is 0 Å². The number of guanidine groups is 1. The molecule has 0 radical (unpaired) electrons. The number of ether oxygens (including phenoxy) is 1. The number of benzene rings is 1. The Kier molecular flexibility index (Phi) is 6.52. The van der Waals surface area contributed by atoms with Crippen LogP contribution in [0.3, 0.4) is 0 Å². The first-order chi connectivity index (χ1) is 12.7. The van der Waals surface area contributed by atoms with Crippen molar-refractivity contribution in [3.05, 3.63) is 47.3 Å². The van der Waals surface area contributed by atoms with Crippen molar-refractivity contribution in [2.45, 2.75) is 58.7 Å². The summed E-state index contributed by atoms with van der Waals surface area (Å²) in [6.07, 6.45) is 6.96. The highest BCUT2D eigenvalue weighted by Gasteiger charge is 2.18. The van der Waals surface area contributed by atoms with E-state index in [1.807, 2.05) is 6.07 Å². The average molecular weight is 355 g/mol. The second-order valence-corrected chi connectivity index (χ2v) is 6.77. The van der Waals surface area contributed by atoms with Gasteiger partial charge in [-0.2, -0.15) is 5.10 Å². The van der Waals surface area contributed by atoms with Gasteiger partial charge in [0.2, 0.25) is 0 Å². The third kappa shape index (κ3) is 5.25. The van der Waals surface area contributed by atoms with E-state index in [1.165, 1.54) is 18.4 Å². The second kappa shape index (κ2) is 9.27. The maximum absolute atomic E-state index is 6.28. The summed E-state index contributed by atoms with van der Waals surface area (Å²) in [4.78, 5) is 4.73. The monoisotopic (exact) mass is 355 g/mol. The van der Waals surface area contributed by atoms with Crippen LogP contribution in [0.5, 0.6) is 5.75 Å². The van der Waals surface area contributed by atoms with Gasteiger partial charge >= 0.3 is 0 Å². The molecular weight excluding hydrogens is 326 g/mol. The number of aliphatic imine (C=N–C) groups is 1. The second-order valence-electron chi connectivity index (χ2n) is 6.77. The standard InChI is InChI=1S/C20H29N5O/c1-3-21-20(23-14-17-10-11-24-25-17)22-13-16-9-8-15(2)12-19(16)26-18-6-4-5-7-18/h8-12,18H,3-7,13-14H2,1-2H3,(H,24,25)(H2,21,22,23). The lowest BCUT2D eigenvalue weighted by atomic mass is 10.1. The van der Waals surface area contributed by atoms with E-state index in [-0.39, 0.29) is 0 Å². The number of aromatic nitrogens is 2. The van der Waals surface area contributed by atoms with Crippen LogP contribution in [-0.4, -0.2) is 28.8 Å². The molecule has 0 saturated heterocycles. The number of aryl methyl sites for hydroxylation is 1. The quantitative estimate of drug-likeness (QED) is 0.526. The summed E-state index contributed by atoms with van der Waals surface area (Å²) in [5, 5.41) is 13.5. The molecular formula is C20H29N5O. The summed E-state index contributed by atoms with van der Waals surface area (Å²) in [6, 6.07) is 8.33. The van der Waals surface area contributed by atoms with Gasteiger partial charge in [-0.3, -0.25) is 5.10 Å². The van der Waals surface area contributed by atoms with E-state index >= 15 is 0 Å². The van der Waals surface area contributed by atoms with E-state index in [4.69, 9.17) is 9.73 Å². The van der Waals surface area contributed by atoms with Crippen molar-refractivity contribution in [2.24, 2.45) is 4.99 Å². The number of H-pyrrole nitrogens is 1. The van der Waals surface area contributed by atoms with E-state index in [9.17, 15) is 0 Å². The number of hydrogen-bond donors (Lipinski definition) is 3. The van der Waals surface area contributed by atoms with Gasteiger partial charge in [0.1, 0.15) is 5.75 Å². The lowest BCUT2D eigenvalue weighted by Crippen LogP contribution is -2.36. The highest BCUT2D eigenvalue weighted by molar-refractivity contribution is 5.79. The topological polar surface area (TPSA) is 74.3 Å². The summed E-state index contributed by atoms with van der Waals surface area (Å²) in [7, 11) is 0.